The van der Waals surface area contributed by atoms with Gasteiger partial charge in [-0.05, 0) is 5.92 Å². The summed E-state index contributed by atoms with van der Waals surface area (Å²) in [4.78, 5) is 10.8. The SMILES string of the molecule is COC(=O)[C@@H]1N[C@@H]1C(C)C. The Bertz CT molecular complexity index is 145. The maximum Gasteiger partial charge on any atom is 0.324 e. The van der Waals surface area contributed by atoms with Gasteiger partial charge in [0.25, 0.3) is 0 Å². The molecule has 1 fully saturated rings. The number of carbonyl (C=O) groups is 1. The van der Waals surface area contributed by atoms with E-state index in [1.165, 1.54) is 7.11 Å². The topological polar surface area (TPSA) is 48.2 Å². The van der Waals surface area contributed by atoms with E-state index in [9.17, 15) is 4.79 Å². The van der Waals surface area contributed by atoms with E-state index in [1.807, 2.05) is 0 Å². The summed E-state index contributed by atoms with van der Waals surface area (Å²) >= 11 is 0. The van der Waals surface area contributed by atoms with Crippen LogP contribution in [0.25, 0.3) is 0 Å². The maximum absolute atomic E-state index is 10.8. The number of methoxy groups -OCH3 is 1. The summed E-state index contributed by atoms with van der Waals surface area (Å²) in [5.74, 6) is 0.378. The Kier molecular flexibility index (Phi) is 1.94. The summed E-state index contributed by atoms with van der Waals surface area (Å²) in [5, 5.41) is 3.04. The van der Waals surface area contributed by atoms with Crippen molar-refractivity contribution in [2.24, 2.45) is 5.92 Å². The Hall–Kier alpha value is -0.570. The van der Waals surface area contributed by atoms with Crippen molar-refractivity contribution < 1.29 is 9.53 Å². The van der Waals surface area contributed by atoms with Crippen molar-refractivity contribution >= 4 is 5.97 Å². The van der Waals surface area contributed by atoms with E-state index in [0.717, 1.165) is 0 Å². The second kappa shape index (κ2) is 2.58. The molecule has 1 aliphatic rings. The lowest BCUT2D eigenvalue weighted by Crippen LogP contribution is -2.14. The standard InChI is InChI=1S/C7H13NO2/c1-4(2)5-6(8-5)7(9)10-3/h4-6,8H,1-3H3/t5-,6-/m1/s1. The summed E-state index contributed by atoms with van der Waals surface area (Å²) in [7, 11) is 1.42. The first-order chi connectivity index (χ1) is 4.66. The third-order valence-electron chi connectivity index (χ3n) is 1.80. The van der Waals surface area contributed by atoms with Gasteiger partial charge in [0.15, 0.2) is 0 Å². The normalized spacial score (nSPS) is 30.4. The fraction of sp³-hybridized carbons (Fsp3) is 0.857. The van der Waals surface area contributed by atoms with Crippen LogP contribution >= 0.6 is 0 Å². The van der Waals surface area contributed by atoms with E-state index in [0.29, 0.717) is 12.0 Å². The van der Waals surface area contributed by atoms with Gasteiger partial charge in [-0.2, -0.15) is 0 Å². The average molecular weight is 143 g/mol. The predicted molar refractivity (Wildman–Crippen MR) is 37.6 cm³/mol. The fourth-order valence-electron chi connectivity index (χ4n) is 1.07. The molecule has 1 N–H and O–H groups in total. The zero-order chi connectivity index (χ0) is 7.72. The van der Waals surface area contributed by atoms with E-state index in [1.54, 1.807) is 0 Å². The number of ether oxygens (including phenoxy) is 1. The summed E-state index contributed by atoms with van der Waals surface area (Å²) in [6.07, 6.45) is 0. The van der Waals surface area contributed by atoms with Gasteiger partial charge in [-0.25, -0.2) is 0 Å². The van der Waals surface area contributed by atoms with E-state index >= 15 is 0 Å². The quantitative estimate of drug-likeness (QED) is 0.442. The van der Waals surface area contributed by atoms with Crippen molar-refractivity contribution in [2.45, 2.75) is 25.9 Å². The molecular formula is C7H13NO2. The minimum absolute atomic E-state index is 0.0370. The van der Waals surface area contributed by atoms with Crippen LogP contribution in [0.5, 0.6) is 0 Å². The minimum atomic E-state index is -0.140. The Morgan fingerprint density at radius 1 is 1.60 bits per heavy atom. The molecule has 0 aromatic heterocycles. The Labute approximate surface area is 60.7 Å². The van der Waals surface area contributed by atoms with Crippen LogP contribution in [-0.4, -0.2) is 25.2 Å². The molecule has 0 bridgehead atoms. The lowest BCUT2D eigenvalue weighted by atomic mass is 10.1. The molecule has 3 heteroatoms. The summed E-state index contributed by atoms with van der Waals surface area (Å²) in [6, 6.07) is 0.303. The summed E-state index contributed by atoms with van der Waals surface area (Å²) in [5.41, 5.74) is 0. The maximum atomic E-state index is 10.8. The highest BCUT2D eigenvalue weighted by atomic mass is 16.5. The molecule has 1 heterocycles. The molecule has 0 aromatic rings. The summed E-state index contributed by atoms with van der Waals surface area (Å²) < 4.78 is 4.55. The van der Waals surface area contributed by atoms with Crippen molar-refractivity contribution in [3.63, 3.8) is 0 Å². The van der Waals surface area contributed by atoms with E-state index < -0.39 is 0 Å². The van der Waals surface area contributed by atoms with E-state index in [2.05, 4.69) is 23.9 Å². The molecule has 0 spiro atoms. The average Bonchev–Trinajstić information content (AvgIpc) is 2.64. The molecule has 1 rings (SSSR count). The molecular weight excluding hydrogens is 130 g/mol. The van der Waals surface area contributed by atoms with Gasteiger partial charge in [-0.15, -0.1) is 0 Å². The van der Waals surface area contributed by atoms with Crippen LogP contribution < -0.4 is 5.32 Å². The van der Waals surface area contributed by atoms with Crippen LogP contribution in [0.3, 0.4) is 0 Å². The molecule has 0 amide bonds. The molecule has 58 valence electrons. The molecule has 0 saturated carbocycles. The Morgan fingerprint density at radius 3 is 2.50 bits per heavy atom. The monoisotopic (exact) mass is 143 g/mol. The third-order valence-corrected chi connectivity index (χ3v) is 1.80. The summed E-state index contributed by atoms with van der Waals surface area (Å²) in [6.45, 7) is 4.17. The van der Waals surface area contributed by atoms with Crippen LogP contribution in [0.15, 0.2) is 0 Å². The van der Waals surface area contributed by atoms with Gasteiger partial charge in [-0.1, -0.05) is 13.8 Å². The first-order valence-electron chi connectivity index (χ1n) is 3.50. The molecule has 0 unspecified atom stereocenters. The zero-order valence-corrected chi connectivity index (χ0v) is 6.55. The van der Waals surface area contributed by atoms with E-state index in [-0.39, 0.29) is 12.0 Å². The van der Waals surface area contributed by atoms with Crippen molar-refractivity contribution in [3.05, 3.63) is 0 Å². The van der Waals surface area contributed by atoms with Gasteiger partial charge in [0.05, 0.1) is 7.11 Å². The second-order valence-corrected chi connectivity index (χ2v) is 2.94. The van der Waals surface area contributed by atoms with Gasteiger partial charge in [0.2, 0.25) is 0 Å². The molecule has 3 nitrogen and oxygen atoms in total. The Morgan fingerprint density at radius 2 is 2.20 bits per heavy atom. The number of esters is 1. The molecule has 2 atom stereocenters. The number of nitrogens with one attached hydrogen (secondary N) is 1. The lowest BCUT2D eigenvalue weighted by Gasteiger charge is -1.97. The third kappa shape index (κ3) is 1.29. The molecule has 0 radical (unpaired) electrons. The largest absolute Gasteiger partial charge is 0.468 e. The molecule has 0 aromatic carbocycles. The second-order valence-electron chi connectivity index (χ2n) is 2.94. The molecule has 0 aliphatic carbocycles. The van der Waals surface area contributed by atoms with Crippen LogP contribution in [0.1, 0.15) is 13.8 Å². The van der Waals surface area contributed by atoms with Crippen LogP contribution in [0.2, 0.25) is 0 Å². The van der Waals surface area contributed by atoms with Gasteiger partial charge in [-0.3, -0.25) is 10.1 Å². The first kappa shape index (κ1) is 7.54. The van der Waals surface area contributed by atoms with Gasteiger partial charge < -0.3 is 4.74 Å². The molecule has 1 aliphatic heterocycles. The number of carbonyl (C=O) groups excluding carboxylic acids is 1. The number of rotatable bonds is 2. The number of hydrogen-bond acceptors (Lipinski definition) is 3. The fourth-order valence-corrected chi connectivity index (χ4v) is 1.07. The highest BCUT2D eigenvalue weighted by molar-refractivity contribution is 5.80. The van der Waals surface area contributed by atoms with Crippen molar-refractivity contribution in [2.75, 3.05) is 7.11 Å². The van der Waals surface area contributed by atoms with E-state index in [4.69, 9.17) is 0 Å². The van der Waals surface area contributed by atoms with Crippen molar-refractivity contribution in [3.8, 4) is 0 Å². The highest BCUT2D eigenvalue weighted by Gasteiger charge is 2.44. The van der Waals surface area contributed by atoms with Crippen LogP contribution in [-0.2, 0) is 9.53 Å². The Balaban J connectivity index is 2.31. The highest BCUT2D eigenvalue weighted by Crippen LogP contribution is 2.20. The van der Waals surface area contributed by atoms with Gasteiger partial charge in [0, 0.05) is 6.04 Å². The lowest BCUT2D eigenvalue weighted by molar-refractivity contribution is -0.140. The predicted octanol–water partition coefficient (Wildman–Crippen LogP) is 0.156. The van der Waals surface area contributed by atoms with Crippen molar-refractivity contribution in [1.29, 1.82) is 0 Å². The van der Waals surface area contributed by atoms with Gasteiger partial charge >= 0.3 is 5.97 Å². The zero-order valence-electron chi connectivity index (χ0n) is 6.55. The smallest absolute Gasteiger partial charge is 0.324 e. The van der Waals surface area contributed by atoms with Crippen LogP contribution in [0, 0.1) is 5.92 Å². The minimum Gasteiger partial charge on any atom is -0.468 e. The van der Waals surface area contributed by atoms with Crippen molar-refractivity contribution in [1.82, 2.24) is 5.32 Å². The molecule has 1 saturated heterocycles. The van der Waals surface area contributed by atoms with Gasteiger partial charge in [0.1, 0.15) is 6.04 Å². The van der Waals surface area contributed by atoms with Crippen LogP contribution in [0.4, 0.5) is 0 Å². The molecule has 10 heavy (non-hydrogen) atoms. The first-order valence-corrected chi connectivity index (χ1v) is 3.50. The number of hydrogen-bond donors (Lipinski definition) is 1.